The van der Waals surface area contributed by atoms with Crippen LogP contribution in [-0.2, 0) is 9.59 Å². The summed E-state index contributed by atoms with van der Waals surface area (Å²) in [5.41, 5.74) is 0.858. The first kappa shape index (κ1) is 15.9. The minimum atomic E-state index is -0.734. The van der Waals surface area contributed by atoms with Gasteiger partial charge in [-0.15, -0.1) is 0 Å². The molecule has 0 heterocycles. The van der Waals surface area contributed by atoms with Crippen LogP contribution in [0.25, 0.3) is 0 Å². The van der Waals surface area contributed by atoms with Crippen LogP contribution in [0.15, 0.2) is 29.3 Å². The molecule has 1 aromatic rings. The summed E-state index contributed by atoms with van der Waals surface area (Å²) in [6, 6.07) is 7.32. The molecule has 0 unspecified atom stereocenters. The Morgan fingerprint density at radius 1 is 1.24 bits per heavy atom. The maximum Gasteiger partial charge on any atom is 0.149 e. The number of nitrogens with zero attached hydrogens (tertiary/aromatic N) is 1. The number of aliphatic imine (C=N–C) groups is 1. The van der Waals surface area contributed by atoms with Gasteiger partial charge in [-0.1, -0.05) is 29.8 Å². The minimum absolute atomic E-state index is 0.0540. The van der Waals surface area contributed by atoms with E-state index in [4.69, 9.17) is 16.7 Å². The van der Waals surface area contributed by atoms with Gasteiger partial charge in [0.2, 0.25) is 0 Å². The summed E-state index contributed by atoms with van der Waals surface area (Å²) in [6.45, 7) is 0.486. The zero-order valence-corrected chi connectivity index (χ0v) is 12.4. The number of benzene rings is 1. The fourth-order valence-corrected chi connectivity index (χ4v) is 2.82. The molecule has 2 rings (SSSR count). The quantitative estimate of drug-likeness (QED) is 0.516. The molecule has 0 aromatic heterocycles. The molecule has 1 saturated carbocycles. The van der Waals surface area contributed by atoms with Crippen LogP contribution in [0.3, 0.4) is 0 Å². The van der Waals surface area contributed by atoms with Crippen LogP contribution < -0.4 is 0 Å². The Hall–Kier alpha value is -1.52. The largest absolute Gasteiger partial charge is 0.396 e. The molecule has 1 aromatic carbocycles. The molecule has 4 nitrogen and oxygen atoms in total. The Morgan fingerprint density at radius 3 is 2.52 bits per heavy atom. The molecule has 1 aliphatic carbocycles. The molecule has 1 N–H and O–H groups in total. The highest BCUT2D eigenvalue weighted by molar-refractivity contribution is 6.31. The maximum atomic E-state index is 12.2. The van der Waals surface area contributed by atoms with Crippen molar-refractivity contribution < 1.29 is 14.7 Å². The van der Waals surface area contributed by atoms with Crippen molar-refractivity contribution in [3.8, 4) is 0 Å². The van der Waals surface area contributed by atoms with Gasteiger partial charge in [0.15, 0.2) is 0 Å². The third-order valence-electron chi connectivity index (χ3n) is 3.63. The van der Waals surface area contributed by atoms with Crippen LogP contribution in [0, 0.1) is 5.92 Å². The van der Waals surface area contributed by atoms with E-state index in [2.05, 4.69) is 4.99 Å². The van der Waals surface area contributed by atoms with Crippen molar-refractivity contribution in [2.24, 2.45) is 10.9 Å². The lowest BCUT2D eigenvalue weighted by Crippen LogP contribution is -2.33. The van der Waals surface area contributed by atoms with E-state index in [1.165, 1.54) is 6.21 Å². The topological polar surface area (TPSA) is 66.7 Å². The Balaban J connectivity index is 2.06. The normalized spacial score (nSPS) is 23.0. The van der Waals surface area contributed by atoms with E-state index in [1.54, 1.807) is 6.07 Å². The van der Waals surface area contributed by atoms with Crippen molar-refractivity contribution in [1.29, 1.82) is 0 Å². The van der Waals surface area contributed by atoms with Gasteiger partial charge in [0.1, 0.15) is 17.5 Å². The second kappa shape index (κ2) is 7.48. The average molecular weight is 308 g/mol. The number of rotatable bonds is 5. The van der Waals surface area contributed by atoms with Gasteiger partial charge in [0, 0.05) is 37.2 Å². The number of hydrogen-bond donors (Lipinski definition) is 1. The Morgan fingerprint density at radius 2 is 1.90 bits per heavy atom. The summed E-state index contributed by atoms with van der Waals surface area (Å²) in [6.07, 6.45) is 2.59. The third kappa shape index (κ3) is 3.99. The highest BCUT2D eigenvalue weighted by Crippen LogP contribution is 2.34. The van der Waals surface area contributed by atoms with E-state index in [0.29, 0.717) is 30.8 Å². The maximum absolute atomic E-state index is 12.2. The molecule has 1 aliphatic rings. The number of hydrogen-bond acceptors (Lipinski definition) is 4. The van der Waals surface area contributed by atoms with Crippen LogP contribution in [0.4, 0.5) is 0 Å². The zero-order valence-electron chi connectivity index (χ0n) is 11.7. The lowest BCUT2D eigenvalue weighted by molar-refractivity contribution is -0.133. The summed E-state index contributed by atoms with van der Waals surface area (Å²) in [5, 5.41) is 9.27. The average Bonchev–Trinajstić information content (AvgIpc) is 2.46. The molecule has 0 atom stereocenters. The molecule has 0 radical (unpaired) electrons. The second-order valence-electron chi connectivity index (χ2n) is 5.17. The fraction of sp³-hybridized carbons (Fsp3) is 0.438. The lowest BCUT2D eigenvalue weighted by Gasteiger charge is -2.25. The van der Waals surface area contributed by atoms with Crippen molar-refractivity contribution in [2.45, 2.75) is 25.2 Å². The molecule has 0 spiro atoms. The Bertz CT molecular complexity index is 538. The molecule has 0 amide bonds. The molecular formula is C16H18ClNO3. The van der Waals surface area contributed by atoms with Crippen LogP contribution in [0.1, 0.15) is 30.7 Å². The summed E-state index contributed by atoms with van der Waals surface area (Å²) in [7, 11) is 0. The third-order valence-corrected chi connectivity index (χ3v) is 3.98. The smallest absolute Gasteiger partial charge is 0.149 e. The first-order valence-electron chi connectivity index (χ1n) is 7.04. The van der Waals surface area contributed by atoms with E-state index in [9.17, 15) is 9.59 Å². The van der Waals surface area contributed by atoms with E-state index in [0.717, 1.165) is 5.56 Å². The van der Waals surface area contributed by atoms with E-state index >= 15 is 0 Å². The molecular weight excluding hydrogens is 290 g/mol. The highest BCUT2D eigenvalue weighted by atomic mass is 35.5. The molecule has 0 saturated heterocycles. The number of halogens is 1. The van der Waals surface area contributed by atoms with Crippen LogP contribution in [0.2, 0.25) is 5.02 Å². The predicted octanol–water partition coefficient (Wildman–Crippen LogP) is 2.43. The number of carbonyl (C=O) groups is 2. The highest BCUT2D eigenvalue weighted by Gasteiger charge is 2.35. The number of Topliss-reactive ketones (excluding diaryl/α,β-unsaturated/α-hetero) is 2. The SMILES string of the molecule is O=C1CC(c2ccccc2Cl)CC(=O)C1C=NCCCO. The Labute approximate surface area is 128 Å². The van der Waals surface area contributed by atoms with E-state index in [-0.39, 0.29) is 24.1 Å². The van der Waals surface area contributed by atoms with Gasteiger partial charge in [-0.3, -0.25) is 14.6 Å². The van der Waals surface area contributed by atoms with Gasteiger partial charge in [-0.05, 0) is 24.0 Å². The first-order valence-corrected chi connectivity index (χ1v) is 7.42. The summed E-state index contributed by atoms with van der Waals surface area (Å²) >= 11 is 6.14. The van der Waals surface area contributed by atoms with Gasteiger partial charge >= 0.3 is 0 Å². The summed E-state index contributed by atoms with van der Waals surface area (Å²) < 4.78 is 0. The number of carbonyl (C=O) groups excluding carboxylic acids is 2. The molecule has 112 valence electrons. The molecule has 0 aliphatic heterocycles. The van der Waals surface area contributed by atoms with Gasteiger partial charge in [-0.25, -0.2) is 0 Å². The van der Waals surface area contributed by atoms with E-state index < -0.39 is 5.92 Å². The van der Waals surface area contributed by atoms with Crippen molar-refractivity contribution in [2.75, 3.05) is 13.2 Å². The number of aliphatic hydroxyl groups is 1. The monoisotopic (exact) mass is 307 g/mol. The fourth-order valence-electron chi connectivity index (χ4n) is 2.53. The molecule has 1 fully saturated rings. The van der Waals surface area contributed by atoms with Crippen molar-refractivity contribution in [3.05, 3.63) is 34.9 Å². The second-order valence-corrected chi connectivity index (χ2v) is 5.58. The Kier molecular flexibility index (Phi) is 5.65. The standard InChI is InChI=1S/C16H18ClNO3/c17-14-5-2-1-4-12(14)11-8-15(20)13(16(21)9-11)10-18-6-3-7-19/h1-2,4-5,10-11,13,19H,3,6-9H2. The summed E-state index contributed by atoms with van der Waals surface area (Å²) in [4.78, 5) is 28.4. The van der Waals surface area contributed by atoms with Crippen LogP contribution in [0.5, 0.6) is 0 Å². The molecule has 0 bridgehead atoms. The van der Waals surface area contributed by atoms with E-state index in [1.807, 2.05) is 18.2 Å². The van der Waals surface area contributed by atoms with Gasteiger partial charge in [0.05, 0.1) is 0 Å². The first-order chi connectivity index (χ1) is 10.1. The van der Waals surface area contributed by atoms with Gasteiger partial charge in [-0.2, -0.15) is 0 Å². The molecule has 21 heavy (non-hydrogen) atoms. The molecule has 5 heteroatoms. The number of ketones is 2. The number of aliphatic hydroxyl groups excluding tert-OH is 1. The minimum Gasteiger partial charge on any atom is -0.396 e. The lowest BCUT2D eigenvalue weighted by atomic mass is 9.77. The van der Waals surface area contributed by atoms with Gasteiger partial charge in [0.25, 0.3) is 0 Å². The zero-order chi connectivity index (χ0) is 15.2. The van der Waals surface area contributed by atoms with Gasteiger partial charge < -0.3 is 5.11 Å². The summed E-state index contributed by atoms with van der Waals surface area (Å²) in [5.74, 6) is -1.09. The van der Waals surface area contributed by atoms with Crippen molar-refractivity contribution in [1.82, 2.24) is 0 Å². The predicted molar refractivity (Wildman–Crippen MR) is 82.0 cm³/mol. The van der Waals surface area contributed by atoms with Crippen LogP contribution in [-0.4, -0.2) is 36.0 Å². The van der Waals surface area contributed by atoms with Crippen molar-refractivity contribution >= 4 is 29.4 Å². The van der Waals surface area contributed by atoms with Crippen LogP contribution >= 0.6 is 11.6 Å². The van der Waals surface area contributed by atoms with Crippen molar-refractivity contribution in [3.63, 3.8) is 0 Å².